The van der Waals surface area contributed by atoms with Gasteiger partial charge in [-0.05, 0) is 48.1 Å². The zero-order chi connectivity index (χ0) is 23.2. The molecule has 2 aromatic heterocycles. The molecule has 0 unspecified atom stereocenters. The zero-order valence-corrected chi connectivity index (χ0v) is 20.2. The van der Waals surface area contributed by atoms with Gasteiger partial charge in [0.2, 0.25) is 5.91 Å². The lowest BCUT2D eigenvalue weighted by Crippen LogP contribution is -2.34. The fourth-order valence-electron chi connectivity index (χ4n) is 3.93. The van der Waals surface area contributed by atoms with Crippen LogP contribution in [0, 0.1) is 0 Å². The van der Waals surface area contributed by atoms with Crippen molar-refractivity contribution in [2.45, 2.75) is 32.9 Å². The predicted octanol–water partition coefficient (Wildman–Crippen LogP) is 4.70. The second-order valence-corrected chi connectivity index (χ2v) is 9.58. The van der Waals surface area contributed by atoms with Gasteiger partial charge in [-0.15, -0.1) is 0 Å². The number of para-hydroxylation sites is 1. The molecule has 0 saturated carbocycles. The highest BCUT2D eigenvalue weighted by atomic mass is 35.5. The number of hydrogen-bond acceptors (Lipinski definition) is 4. The van der Waals surface area contributed by atoms with E-state index in [9.17, 15) is 9.59 Å². The Morgan fingerprint density at radius 2 is 1.97 bits per heavy atom. The lowest BCUT2D eigenvalue weighted by molar-refractivity contribution is -0.121. The summed E-state index contributed by atoms with van der Waals surface area (Å²) in [6.45, 7) is 3.15. The molecule has 4 rings (SSSR count). The average molecular weight is 483 g/mol. The second kappa shape index (κ2) is 10.9. The summed E-state index contributed by atoms with van der Waals surface area (Å²) in [7, 11) is 0. The third-order valence-electron chi connectivity index (χ3n) is 5.43. The third-order valence-corrected chi connectivity index (χ3v) is 6.94. The Morgan fingerprint density at radius 3 is 2.79 bits per heavy atom. The molecule has 0 aliphatic heterocycles. The molecule has 0 aliphatic rings. The van der Waals surface area contributed by atoms with Crippen molar-refractivity contribution >= 4 is 51.1 Å². The van der Waals surface area contributed by atoms with Gasteiger partial charge in [0.25, 0.3) is 5.56 Å². The predicted molar refractivity (Wildman–Crippen MR) is 137 cm³/mol. The van der Waals surface area contributed by atoms with E-state index < -0.39 is 0 Å². The first-order valence-corrected chi connectivity index (χ1v) is 12.7. The lowest BCUT2D eigenvalue weighted by atomic mass is 10.2. The van der Waals surface area contributed by atoms with Crippen LogP contribution in [0.3, 0.4) is 0 Å². The van der Waals surface area contributed by atoms with Gasteiger partial charge < -0.3 is 9.88 Å². The number of aromatic nitrogens is 3. The third kappa shape index (κ3) is 5.42. The molecule has 2 heterocycles. The summed E-state index contributed by atoms with van der Waals surface area (Å²) in [4.78, 5) is 25.9. The topological polar surface area (TPSA) is 68.9 Å². The largest absolute Gasteiger partial charge is 0.354 e. The molecule has 4 aromatic rings. The first-order chi connectivity index (χ1) is 16.1. The van der Waals surface area contributed by atoms with Crippen molar-refractivity contribution in [3.8, 4) is 0 Å². The van der Waals surface area contributed by atoms with E-state index in [1.807, 2.05) is 64.9 Å². The Labute approximate surface area is 201 Å². The fraction of sp³-hybridized carbons (Fsp3) is 0.320. The highest BCUT2D eigenvalue weighted by molar-refractivity contribution is 7.99. The minimum absolute atomic E-state index is 0.102. The maximum atomic E-state index is 13.4. The maximum absolute atomic E-state index is 13.4. The normalized spacial score (nSPS) is 11.3. The fourth-order valence-corrected chi connectivity index (χ4v) is 4.98. The number of halogens is 1. The number of fused-ring (bicyclic) bond motifs is 3. The molecule has 172 valence electrons. The average Bonchev–Trinajstić information content (AvgIpc) is 3.12. The molecular weight excluding hydrogens is 456 g/mol. The van der Waals surface area contributed by atoms with E-state index in [0.717, 1.165) is 46.2 Å². The van der Waals surface area contributed by atoms with Crippen LogP contribution in [0.5, 0.6) is 0 Å². The van der Waals surface area contributed by atoms with Gasteiger partial charge in [0, 0.05) is 34.4 Å². The lowest BCUT2D eigenvalue weighted by Gasteiger charge is -2.10. The van der Waals surface area contributed by atoms with Crippen molar-refractivity contribution in [2.75, 3.05) is 18.1 Å². The van der Waals surface area contributed by atoms with E-state index in [1.54, 1.807) is 6.20 Å². The summed E-state index contributed by atoms with van der Waals surface area (Å²) in [5, 5.41) is 9.59. The molecule has 0 spiro atoms. The first-order valence-electron chi connectivity index (χ1n) is 11.1. The first kappa shape index (κ1) is 23.4. The van der Waals surface area contributed by atoms with Crippen LogP contribution >= 0.6 is 23.4 Å². The number of carbonyl (C=O) groups is 1. The van der Waals surface area contributed by atoms with Gasteiger partial charge in [0.15, 0.2) is 0 Å². The standard InChI is InChI=1S/C25H27ClN4O2S/c1-2-12-33-13-6-11-27-23(31)17-30-25(32)24-21(15-28-30)20-9-3-4-10-22(20)29(24)16-18-7-5-8-19(26)14-18/h3-5,7-10,14-15H,2,6,11-13,16-17H2,1H3,(H,27,31). The number of amides is 1. The molecule has 33 heavy (non-hydrogen) atoms. The highest BCUT2D eigenvalue weighted by Gasteiger charge is 2.17. The van der Waals surface area contributed by atoms with Gasteiger partial charge in [0.05, 0.1) is 6.20 Å². The summed E-state index contributed by atoms with van der Waals surface area (Å²) < 4.78 is 3.23. The minimum atomic E-state index is -0.278. The van der Waals surface area contributed by atoms with Gasteiger partial charge in [-0.25, -0.2) is 4.68 Å². The van der Waals surface area contributed by atoms with E-state index in [0.29, 0.717) is 23.6 Å². The summed E-state index contributed by atoms with van der Waals surface area (Å²) in [6.07, 6.45) is 3.75. The molecule has 1 amide bonds. The molecule has 1 N–H and O–H groups in total. The molecule has 6 nitrogen and oxygen atoms in total. The van der Waals surface area contributed by atoms with Gasteiger partial charge in [0.1, 0.15) is 12.1 Å². The van der Waals surface area contributed by atoms with Gasteiger partial charge in [-0.3, -0.25) is 9.59 Å². The smallest absolute Gasteiger partial charge is 0.291 e. The number of nitrogens with zero attached hydrogens (tertiary/aromatic N) is 3. The quantitative estimate of drug-likeness (QED) is 0.332. The number of thioether (sulfide) groups is 1. The summed E-state index contributed by atoms with van der Waals surface area (Å²) in [5.41, 5.74) is 2.19. The Balaban J connectivity index is 1.61. The highest BCUT2D eigenvalue weighted by Crippen LogP contribution is 2.27. The maximum Gasteiger partial charge on any atom is 0.291 e. The second-order valence-electron chi connectivity index (χ2n) is 7.92. The van der Waals surface area contributed by atoms with Crippen LogP contribution < -0.4 is 10.9 Å². The molecule has 0 bridgehead atoms. The van der Waals surface area contributed by atoms with E-state index in [1.165, 1.54) is 4.68 Å². The molecule has 0 atom stereocenters. The van der Waals surface area contributed by atoms with E-state index in [-0.39, 0.29) is 18.0 Å². The van der Waals surface area contributed by atoms with Gasteiger partial charge in [-0.2, -0.15) is 16.9 Å². The molecule has 0 aliphatic carbocycles. The van der Waals surface area contributed by atoms with E-state index in [4.69, 9.17) is 11.6 Å². The van der Waals surface area contributed by atoms with E-state index in [2.05, 4.69) is 17.3 Å². The van der Waals surface area contributed by atoms with Crippen LogP contribution in [0.2, 0.25) is 5.02 Å². The monoisotopic (exact) mass is 482 g/mol. The van der Waals surface area contributed by atoms with Crippen LogP contribution in [-0.4, -0.2) is 38.3 Å². The van der Waals surface area contributed by atoms with Crippen molar-refractivity contribution in [3.05, 3.63) is 75.7 Å². The van der Waals surface area contributed by atoms with Crippen molar-refractivity contribution in [1.29, 1.82) is 0 Å². The summed E-state index contributed by atoms with van der Waals surface area (Å²) in [5.74, 6) is 1.94. The molecule has 0 fully saturated rings. The molecule has 0 saturated heterocycles. The molecule has 0 radical (unpaired) electrons. The van der Waals surface area contributed by atoms with Gasteiger partial charge >= 0.3 is 0 Å². The summed E-state index contributed by atoms with van der Waals surface area (Å²) >= 11 is 8.07. The van der Waals surface area contributed by atoms with Crippen LogP contribution in [-0.2, 0) is 17.9 Å². The van der Waals surface area contributed by atoms with Crippen LogP contribution in [0.25, 0.3) is 21.8 Å². The minimum Gasteiger partial charge on any atom is -0.354 e. The van der Waals surface area contributed by atoms with Crippen molar-refractivity contribution in [2.24, 2.45) is 0 Å². The van der Waals surface area contributed by atoms with Crippen molar-refractivity contribution in [1.82, 2.24) is 19.7 Å². The number of rotatable bonds is 10. The Bertz CT molecular complexity index is 1330. The number of carbonyl (C=O) groups excluding carboxylic acids is 1. The van der Waals surface area contributed by atoms with Crippen LogP contribution in [0.1, 0.15) is 25.3 Å². The molecule has 2 aromatic carbocycles. The molecule has 8 heteroatoms. The Morgan fingerprint density at radius 1 is 1.12 bits per heavy atom. The molecular formula is C25H27ClN4O2S. The number of benzene rings is 2. The van der Waals surface area contributed by atoms with Crippen molar-refractivity contribution < 1.29 is 4.79 Å². The van der Waals surface area contributed by atoms with Crippen molar-refractivity contribution in [3.63, 3.8) is 0 Å². The Kier molecular flexibility index (Phi) is 7.73. The number of hydrogen-bond donors (Lipinski definition) is 1. The van der Waals surface area contributed by atoms with E-state index >= 15 is 0 Å². The SMILES string of the molecule is CCCSCCCNC(=O)Cn1ncc2c3ccccc3n(Cc3cccc(Cl)c3)c2c1=O. The van der Waals surface area contributed by atoms with Gasteiger partial charge in [-0.1, -0.05) is 48.9 Å². The summed E-state index contributed by atoms with van der Waals surface area (Å²) in [6, 6.07) is 15.5. The Hall–Kier alpha value is -2.77. The van der Waals surface area contributed by atoms with Crippen LogP contribution in [0.4, 0.5) is 0 Å². The zero-order valence-electron chi connectivity index (χ0n) is 18.6. The number of nitrogens with one attached hydrogen (secondary N) is 1. The van der Waals surface area contributed by atoms with Crippen LogP contribution in [0.15, 0.2) is 59.5 Å².